The van der Waals surface area contributed by atoms with Crippen LogP contribution < -0.4 is 10.6 Å². The highest BCUT2D eigenvalue weighted by Gasteiger charge is 2.40. The first-order valence-electron chi connectivity index (χ1n) is 7.32. The van der Waals surface area contributed by atoms with Gasteiger partial charge in [-0.1, -0.05) is 0 Å². The number of hydrogen-bond acceptors (Lipinski definition) is 3. The van der Waals surface area contributed by atoms with Gasteiger partial charge in [0, 0.05) is 30.9 Å². The summed E-state index contributed by atoms with van der Waals surface area (Å²) in [6, 6.07) is 5.70. The van der Waals surface area contributed by atoms with Crippen LogP contribution in [0.15, 0.2) is 18.2 Å². The molecule has 2 amide bonds. The third kappa shape index (κ3) is 2.86. The fraction of sp³-hybridized carbons (Fsp3) is 0.500. The second-order valence-electron chi connectivity index (χ2n) is 5.83. The van der Waals surface area contributed by atoms with Gasteiger partial charge in [0.05, 0.1) is 0 Å². The lowest BCUT2D eigenvalue weighted by atomic mass is 9.96. The summed E-state index contributed by atoms with van der Waals surface area (Å²) in [6.07, 6.45) is 0. The summed E-state index contributed by atoms with van der Waals surface area (Å²) in [4.78, 5) is 26.4. The Morgan fingerprint density at radius 1 is 1.43 bits per heavy atom. The Kier molecular flexibility index (Phi) is 4.21. The van der Waals surface area contributed by atoms with Gasteiger partial charge in [-0.2, -0.15) is 0 Å². The lowest BCUT2D eigenvalue weighted by Crippen LogP contribution is -2.63. The first kappa shape index (κ1) is 15.4. The van der Waals surface area contributed by atoms with Crippen LogP contribution in [0.2, 0.25) is 0 Å². The van der Waals surface area contributed by atoms with Gasteiger partial charge in [-0.3, -0.25) is 9.59 Å². The molecule has 2 N–H and O–H groups in total. The van der Waals surface area contributed by atoms with Crippen molar-refractivity contribution in [3.63, 3.8) is 0 Å². The van der Waals surface area contributed by atoms with Crippen molar-refractivity contribution < 1.29 is 9.59 Å². The molecule has 0 atom stereocenters. The van der Waals surface area contributed by atoms with Gasteiger partial charge < -0.3 is 15.5 Å². The second kappa shape index (κ2) is 5.76. The number of carbonyl (C=O) groups is 2. The monoisotopic (exact) mass is 289 g/mol. The molecule has 2 rings (SSSR count). The van der Waals surface area contributed by atoms with E-state index in [1.54, 1.807) is 18.7 Å². The van der Waals surface area contributed by atoms with E-state index in [0.717, 1.165) is 17.8 Å². The van der Waals surface area contributed by atoms with E-state index >= 15 is 0 Å². The van der Waals surface area contributed by atoms with E-state index in [0.29, 0.717) is 18.7 Å². The average Bonchev–Trinajstić information content (AvgIpc) is 2.42. The number of nitrogens with zero attached hydrogens (tertiary/aromatic N) is 1. The molecule has 5 nitrogen and oxygen atoms in total. The molecule has 0 aliphatic carbocycles. The van der Waals surface area contributed by atoms with Gasteiger partial charge in [-0.05, 0) is 51.5 Å². The van der Waals surface area contributed by atoms with E-state index < -0.39 is 5.54 Å². The van der Waals surface area contributed by atoms with E-state index in [2.05, 4.69) is 10.6 Å². The van der Waals surface area contributed by atoms with E-state index in [9.17, 15) is 9.59 Å². The van der Waals surface area contributed by atoms with Gasteiger partial charge in [0.2, 0.25) is 5.91 Å². The van der Waals surface area contributed by atoms with E-state index in [-0.39, 0.29) is 11.8 Å². The van der Waals surface area contributed by atoms with E-state index in [4.69, 9.17) is 0 Å². The van der Waals surface area contributed by atoms with Crippen molar-refractivity contribution in [3.8, 4) is 0 Å². The zero-order valence-corrected chi connectivity index (χ0v) is 13.1. The summed E-state index contributed by atoms with van der Waals surface area (Å²) >= 11 is 0. The highest BCUT2D eigenvalue weighted by Crippen LogP contribution is 2.23. The Morgan fingerprint density at radius 2 is 2.14 bits per heavy atom. The van der Waals surface area contributed by atoms with Crippen molar-refractivity contribution >= 4 is 17.5 Å². The normalized spacial score (nSPS) is 17.3. The third-order valence-electron chi connectivity index (χ3n) is 3.93. The van der Waals surface area contributed by atoms with Gasteiger partial charge in [0.15, 0.2) is 0 Å². The molecule has 1 saturated heterocycles. The van der Waals surface area contributed by atoms with Gasteiger partial charge in [-0.25, -0.2) is 0 Å². The van der Waals surface area contributed by atoms with Gasteiger partial charge in [0.1, 0.15) is 5.54 Å². The molecule has 0 aromatic heterocycles. The molecule has 1 aromatic carbocycles. The molecule has 0 saturated carbocycles. The topological polar surface area (TPSA) is 61.4 Å². The molecule has 1 aromatic rings. The number of benzene rings is 1. The number of piperazine rings is 1. The SMILES string of the molecule is CCNc1ccc(C(=O)N2CCNC(=O)C2(C)C)c(C)c1. The molecule has 1 aliphatic heterocycles. The van der Waals surface area contributed by atoms with Crippen LogP contribution >= 0.6 is 0 Å². The van der Waals surface area contributed by atoms with Crippen molar-refractivity contribution in [2.75, 3.05) is 25.0 Å². The largest absolute Gasteiger partial charge is 0.385 e. The van der Waals surface area contributed by atoms with Crippen LogP contribution in [0.25, 0.3) is 0 Å². The summed E-state index contributed by atoms with van der Waals surface area (Å²) in [5.74, 6) is -0.195. The van der Waals surface area contributed by atoms with Gasteiger partial charge in [0.25, 0.3) is 5.91 Å². The standard InChI is InChI=1S/C16H23N3O2/c1-5-17-12-6-7-13(11(2)10-12)14(20)19-9-8-18-15(21)16(19,3)4/h6-7,10,17H,5,8-9H2,1-4H3,(H,18,21). The molecule has 1 heterocycles. The number of anilines is 1. The van der Waals surface area contributed by atoms with Crippen molar-refractivity contribution in [3.05, 3.63) is 29.3 Å². The molecule has 21 heavy (non-hydrogen) atoms. The van der Waals surface area contributed by atoms with Crippen LogP contribution in [0.1, 0.15) is 36.7 Å². The predicted molar refractivity (Wildman–Crippen MR) is 83.5 cm³/mol. The smallest absolute Gasteiger partial charge is 0.255 e. The minimum atomic E-state index is -0.817. The maximum absolute atomic E-state index is 12.8. The number of rotatable bonds is 3. The molecule has 0 bridgehead atoms. The predicted octanol–water partition coefficient (Wildman–Crippen LogP) is 1.78. The maximum atomic E-state index is 12.8. The van der Waals surface area contributed by atoms with Crippen LogP contribution in [-0.4, -0.2) is 41.9 Å². The van der Waals surface area contributed by atoms with Crippen LogP contribution in [-0.2, 0) is 4.79 Å². The molecule has 114 valence electrons. The summed E-state index contributed by atoms with van der Waals surface area (Å²) in [6.45, 7) is 9.39. The molecule has 1 aliphatic rings. The third-order valence-corrected chi connectivity index (χ3v) is 3.93. The summed E-state index contributed by atoms with van der Waals surface area (Å²) < 4.78 is 0. The maximum Gasteiger partial charge on any atom is 0.255 e. The van der Waals surface area contributed by atoms with Crippen LogP contribution in [0, 0.1) is 6.92 Å². The summed E-state index contributed by atoms with van der Waals surface area (Å²) in [5.41, 5.74) is 1.75. The van der Waals surface area contributed by atoms with Gasteiger partial charge >= 0.3 is 0 Å². The number of nitrogens with one attached hydrogen (secondary N) is 2. The summed E-state index contributed by atoms with van der Waals surface area (Å²) in [7, 11) is 0. The number of amides is 2. The summed E-state index contributed by atoms with van der Waals surface area (Å²) in [5, 5.41) is 6.03. The lowest BCUT2D eigenvalue weighted by molar-refractivity contribution is -0.133. The fourth-order valence-corrected chi connectivity index (χ4v) is 2.62. The van der Waals surface area contributed by atoms with E-state index in [1.807, 2.05) is 32.0 Å². The molecular formula is C16H23N3O2. The zero-order valence-electron chi connectivity index (χ0n) is 13.1. The average molecular weight is 289 g/mol. The van der Waals surface area contributed by atoms with Crippen molar-refractivity contribution in [1.29, 1.82) is 0 Å². The second-order valence-corrected chi connectivity index (χ2v) is 5.83. The lowest BCUT2D eigenvalue weighted by Gasteiger charge is -2.41. The first-order chi connectivity index (χ1) is 9.87. The molecule has 0 unspecified atom stereocenters. The Hall–Kier alpha value is -2.04. The molecule has 5 heteroatoms. The molecule has 0 spiro atoms. The molecule has 1 fully saturated rings. The number of aryl methyl sites for hydroxylation is 1. The number of carbonyl (C=O) groups excluding carboxylic acids is 2. The molecule has 0 radical (unpaired) electrons. The van der Waals surface area contributed by atoms with Crippen LogP contribution in [0.3, 0.4) is 0 Å². The van der Waals surface area contributed by atoms with E-state index in [1.165, 1.54) is 0 Å². The van der Waals surface area contributed by atoms with Crippen LogP contribution in [0.5, 0.6) is 0 Å². The van der Waals surface area contributed by atoms with Crippen molar-refractivity contribution in [2.24, 2.45) is 0 Å². The minimum absolute atomic E-state index is 0.0876. The Bertz CT molecular complexity index is 567. The number of hydrogen-bond donors (Lipinski definition) is 2. The molecular weight excluding hydrogens is 266 g/mol. The quantitative estimate of drug-likeness (QED) is 0.891. The minimum Gasteiger partial charge on any atom is -0.385 e. The Labute approximate surface area is 125 Å². The van der Waals surface area contributed by atoms with Crippen molar-refractivity contribution in [2.45, 2.75) is 33.2 Å². The highest BCUT2D eigenvalue weighted by molar-refractivity contribution is 6.00. The van der Waals surface area contributed by atoms with Crippen molar-refractivity contribution in [1.82, 2.24) is 10.2 Å². The Balaban J connectivity index is 2.29. The van der Waals surface area contributed by atoms with Crippen LogP contribution in [0.4, 0.5) is 5.69 Å². The first-order valence-corrected chi connectivity index (χ1v) is 7.32. The fourth-order valence-electron chi connectivity index (χ4n) is 2.62. The Morgan fingerprint density at radius 3 is 2.76 bits per heavy atom. The highest BCUT2D eigenvalue weighted by atomic mass is 16.2. The zero-order chi connectivity index (χ0) is 15.6. The van der Waals surface area contributed by atoms with Gasteiger partial charge in [-0.15, -0.1) is 0 Å².